The average molecular weight is 215 g/mol. The SMILES string of the molecule is CCc1nc(-c2ccc(C(C)C)cc2)n[nH]1. The molecule has 0 unspecified atom stereocenters. The summed E-state index contributed by atoms with van der Waals surface area (Å²) >= 11 is 0. The third kappa shape index (κ3) is 2.13. The molecule has 0 spiro atoms. The summed E-state index contributed by atoms with van der Waals surface area (Å²) < 4.78 is 0. The Kier molecular flexibility index (Phi) is 3.04. The molecular weight excluding hydrogens is 198 g/mol. The van der Waals surface area contributed by atoms with E-state index in [0.717, 1.165) is 23.6 Å². The first kappa shape index (κ1) is 10.9. The summed E-state index contributed by atoms with van der Waals surface area (Å²) in [4.78, 5) is 4.41. The quantitative estimate of drug-likeness (QED) is 0.854. The van der Waals surface area contributed by atoms with Crippen molar-refractivity contribution in [2.24, 2.45) is 0 Å². The van der Waals surface area contributed by atoms with Crippen LogP contribution in [0.2, 0.25) is 0 Å². The van der Waals surface area contributed by atoms with E-state index < -0.39 is 0 Å². The lowest BCUT2D eigenvalue weighted by molar-refractivity contribution is 0.867. The van der Waals surface area contributed by atoms with Gasteiger partial charge in [0.1, 0.15) is 5.82 Å². The van der Waals surface area contributed by atoms with Crippen molar-refractivity contribution < 1.29 is 0 Å². The number of aromatic nitrogens is 3. The van der Waals surface area contributed by atoms with Crippen LogP contribution in [0.15, 0.2) is 24.3 Å². The highest BCUT2D eigenvalue weighted by Gasteiger charge is 2.05. The summed E-state index contributed by atoms with van der Waals surface area (Å²) in [5, 5.41) is 7.13. The van der Waals surface area contributed by atoms with Crippen LogP contribution in [0.1, 0.15) is 38.1 Å². The molecule has 2 aromatic rings. The van der Waals surface area contributed by atoms with Crippen LogP contribution >= 0.6 is 0 Å². The van der Waals surface area contributed by atoms with Crippen molar-refractivity contribution >= 4 is 0 Å². The van der Waals surface area contributed by atoms with Gasteiger partial charge in [-0.05, 0) is 11.5 Å². The number of aryl methyl sites for hydroxylation is 1. The van der Waals surface area contributed by atoms with Crippen molar-refractivity contribution in [3.8, 4) is 11.4 Å². The van der Waals surface area contributed by atoms with Gasteiger partial charge in [-0.25, -0.2) is 4.98 Å². The monoisotopic (exact) mass is 215 g/mol. The second-order valence-electron chi connectivity index (χ2n) is 4.24. The van der Waals surface area contributed by atoms with Crippen LogP contribution in [-0.2, 0) is 6.42 Å². The Morgan fingerprint density at radius 1 is 1.19 bits per heavy atom. The van der Waals surface area contributed by atoms with Gasteiger partial charge in [0.25, 0.3) is 0 Å². The molecule has 1 aromatic heterocycles. The smallest absolute Gasteiger partial charge is 0.181 e. The van der Waals surface area contributed by atoms with Gasteiger partial charge in [0.05, 0.1) is 0 Å². The minimum absolute atomic E-state index is 0.562. The summed E-state index contributed by atoms with van der Waals surface area (Å²) in [6.45, 7) is 6.44. The summed E-state index contributed by atoms with van der Waals surface area (Å²) in [6, 6.07) is 8.44. The second kappa shape index (κ2) is 4.47. The number of hydrogen-bond acceptors (Lipinski definition) is 2. The topological polar surface area (TPSA) is 41.6 Å². The zero-order valence-electron chi connectivity index (χ0n) is 9.99. The molecule has 0 fully saturated rings. The van der Waals surface area contributed by atoms with Gasteiger partial charge in [-0.15, -0.1) is 0 Å². The molecular formula is C13H17N3. The van der Waals surface area contributed by atoms with Crippen molar-refractivity contribution in [2.75, 3.05) is 0 Å². The van der Waals surface area contributed by atoms with Gasteiger partial charge < -0.3 is 0 Å². The maximum absolute atomic E-state index is 4.41. The highest BCUT2D eigenvalue weighted by Crippen LogP contribution is 2.19. The van der Waals surface area contributed by atoms with Crippen LogP contribution in [0, 0.1) is 0 Å². The first-order chi connectivity index (χ1) is 7.70. The van der Waals surface area contributed by atoms with Gasteiger partial charge in [-0.2, -0.15) is 5.10 Å². The van der Waals surface area contributed by atoms with Crippen LogP contribution in [0.3, 0.4) is 0 Å². The molecule has 0 bridgehead atoms. The van der Waals surface area contributed by atoms with Crippen LogP contribution in [-0.4, -0.2) is 15.2 Å². The average Bonchev–Trinajstić information content (AvgIpc) is 2.77. The lowest BCUT2D eigenvalue weighted by Gasteiger charge is -2.04. The second-order valence-corrected chi connectivity index (χ2v) is 4.24. The molecule has 0 saturated carbocycles. The standard InChI is InChI=1S/C13H17N3/c1-4-12-14-13(16-15-12)11-7-5-10(6-8-11)9(2)3/h5-9H,4H2,1-3H3,(H,14,15,16). The maximum atomic E-state index is 4.41. The lowest BCUT2D eigenvalue weighted by Crippen LogP contribution is -1.87. The molecule has 0 aliphatic carbocycles. The Balaban J connectivity index is 2.27. The van der Waals surface area contributed by atoms with Crippen molar-refractivity contribution in [3.05, 3.63) is 35.7 Å². The Bertz CT molecular complexity index is 454. The third-order valence-corrected chi connectivity index (χ3v) is 2.70. The van der Waals surface area contributed by atoms with Crippen molar-refractivity contribution in [1.29, 1.82) is 0 Å². The number of nitrogens with one attached hydrogen (secondary N) is 1. The van der Waals surface area contributed by atoms with Crippen LogP contribution in [0.4, 0.5) is 0 Å². The van der Waals surface area contributed by atoms with E-state index in [4.69, 9.17) is 0 Å². The zero-order chi connectivity index (χ0) is 11.5. The fraction of sp³-hybridized carbons (Fsp3) is 0.385. The van der Waals surface area contributed by atoms with Gasteiger partial charge in [0.2, 0.25) is 0 Å². The van der Waals surface area contributed by atoms with Gasteiger partial charge in [0, 0.05) is 12.0 Å². The van der Waals surface area contributed by atoms with E-state index >= 15 is 0 Å². The first-order valence-electron chi connectivity index (χ1n) is 5.72. The molecule has 0 amide bonds. The zero-order valence-corrected chi connectivity index (χ0v) is 9.99. The molecule has 0 saturated heterocycles. The molecule has 84 valence electrons. The molecule has 1 N–H and O–H groups in total. The summed E-state index contributed by atoms with van der Waals surface area (Å²) in [7, 11) is 0. The highest BCUT2D eigenvalue weighted by molar-refractivity contribution is 5.55. The summed E-state index contributed by atoms with van der Waals surface area (Å²) in [5.74, 6) is 2.28. The number of rotatable bonds is 3. The fourth-order valence-corrected chi connectivity index (χ4v) is 1.60. The predicted octanol–water partition coefficient (Wildman–Crippen LogP) is 3.16. The normalized spacial score (nSPS) is 11.0. The molecule has 3 nitrogen and oxygen atoms in total. The predicted molar refractivity (Wildman–Crippen MR) is 65.3 cm³/mol. The molecule has 0 aliphatic rings. The van der Waals surface area contributed by atoms with E-state index in [-0.39, 0.29) is 0 Å². The lowest BCUT2D eigenvalue weighted by atomic mass is 10.0. The van der Waals surface area contributed by atoms with E-state index in [0.29, 0.717) is 5.92 Å². The van der Waals surface area contributed by atoms with E-state index in [1.54, 1.807) is 0 Å². The van der Waals surface area contributed by atoms with Gasteiger partial charge in [0.15, 0.2) is 5.82 Å². The number of benzene rings is 1. The maximum Gasteiger partial charge on any atom is 0.181 e. The minimum atomic E-state index is 0.562. The van der Waals surface area contributed by atoms with Crippen LogP contribution in [0.25, 0.3) is 11.4 Å². The Morgan fingerprint density at radius 2 is 1.88 bits per heavy atom. The van der Waals surface area contributed by atoms with Crippen molar-refractivity contribution in [1.82, 2.24) is 15.2 Å². The molecule has 0 aliphatic heterocycles. The fourth-order valence-electron chi connectivity index (χ4n) is 1.60. The van der Waals surface area contributed by atoms with Crippen molar-refractivity contribution in [2.45, 2.75) is 33.1 Å². The Morgan fingerprint density at radius 3 is 2.38 bits per heavy atom. The highest BCUT2D eigenvalue weighted by atomic mass is 15.2. The van der Waals surface area contributed by atoms with E-state index in [1.807, 2.05) is 0 Å². The van der Waals surface area contributed by atoms with E-state index in [9.17, 15) is 0 Å². The molecule has 3 heteroatoms. The number of H-pyrrole nitrogens is 1. The molecule has 1 heterocycles. The molecule has 16 heavy (non-hydrogen) atoms. The van der Waals surface area contributed by atoms with Gasteiger partial charge in [-0.3, -0.25) is 5.10 Å². The van der Waals surface area contributed by atoms with E-state index in [1.165, 1.54) is 5.56 Å². The number of nitrogens with zero attached hydrogens (tertiary/aromatic N) is 2. The molecule has 0 radical (unpaired) electrons. The largest absolute Gasteiger partial charge is 0.263 e. The van der Waals surface area contributed by atoms with Gasteiger partial charge in [-0.1, -0.05) is 45.0 Å². The summed E-state index contributed by atoms with van der Waals surface area (Å²) in [6.07, 6.45) is 0.886. The third-order valence-electron chi connectivity index (χ3n) is 2.70. The molecule has 1 aromatic carbocycles. The summed E-state index contributed by atoms with van der Waals surface area (Å²) in [5.41, 5.74) is 2.41. The van der Waals surface area contributed by atoms with Crippen LogP contribution in [0.5, 0.6) is 0 Å². The molecule has 2 rings (SSSR count). The first-order valence-corrected chi connectivity index (χ1v) is 5.72. The van der Waals surface area contributed by atoms with Crippen molar-refractivity contribution in [3.63, 3.8) is 0 Å². The Hall–Kier alpha value is -1.64. The van der Waals surface area contributed by atoms with Crippen LogP contribution < -0.4 is 0 Å². The van der Waals surface area contributed by atoms with E-state index in [2.05, 4.69) is 60.2 Å². The van der Waals surface area contributed by atoms with Gasteiger partial charge >= 0.3 is 0 Å². The Labute approximate surface area is 95.9 Å². The number of hydrogen-bond donors (Lipinski definition) is 1. The number of aromatic amines is 1. The molecule has 0 atom stereocenters. The minimum Gasteiger partial charge on any atom is -0.263 e.